The van der Waals surface area contributed by atoms with Crippen LogP contribution in [-0.4, -0.2) is 75.1 Å². The molecule has 2 fully saturated rings. The standard InChI is InChI=1S/C32H45ClN4O7/c1-7-9-11-19(3)44-30(42)34-26(31(4,5)6)28(39)37-18-20(14-24(36-43)21-12-10-13-23(33)16-21)15-25(37)27(38)35-32(29(40)41)17-22(32)8-2/h8,10,12-13,16,19-20,22,25-26,43H,2,7,9,11,14-15,17-18H2,1,3-6H3,(H,34,42)(H,35,38)(H,40,41)/b36-24+. The van der Waals surface area contributed by atoms with Crippen LogP contribution in [0.5, 0.6) is 0 Å². The summed E-state index contributed by atoms with van der Waals surface area (Å²) in [5, 5.41) is 29.0. The molecule has 11 nitrogen and oxygen atoms in total. The lowest BCUT2D eigenvalue weighted by molar-refractivity contribution is -0.146. The summed E-state index contributed by atoms with van der Waals surface area (Å²) in [7, 11) is 0. The summed E-state index contributed by atoms with van der Waals surface area (Å²) in [4.78, 5) is 54.3. The van der Waals surface area contributed by atoms with Crippen LogP contribution in [0.4, 0.5) is 4.79 Å². The molecule has 3 rings (SSSR count). The zero-order valence-electron chi connectivity index (χ0n) is 26.1. The van der Waals surface area contributed by atoms with E-state index in [1.165, 1.54) is 11.0 Å². The summed E-state index contributed by atoms with van der Waals surface area (Å²) in [6.45, 7) is 13.0. The van der Waals surface area contributed by atoms with Crippen LogP contribution in [-0.2, 0) is 19.1 Å². The molecule has 2 aliphatic rings. The lowest BCUT2D eigenvalue weighted by Gasteiger charge is -2.35. The van der Waals surface area contributed by atoms with Crippen molar-refractivity contribution in [2.75, 3.05) is 6.54 Å². The molecule has 6 atom stereocenters. The number of halogens is 1. The van der Waals surface area contributed by atoms with E-state index in [9.17, 15) is 29.5 Å². The minimum Gasteiger partial charge on any atom is -0.479 e. The van der Waals surface area contributed by atoms with E-state index in [1.807, 2.05) is 6.92 Å². The van der Waals surface area contributed by atoms with E-state index >= 15 is 0 Å². The monoisotopic (exact) mass is 632 g/mol. The minimum absolute atomic E-state index is 0.109. The molecule has 1 aliphatic carbocycles. The SMILES string of the molecule is C=CC1CC1(NC(=O)C1CC(C/C(=N\O)c2cccc(Cl)c2)CN1C(=O)C(NC(=O)OC(C)CCCC)C(C)(C)C)C(=O)O. The van der Waals surface area contributed by atoms with Gasteiger partial charge in [-0.1, -0.05) is 75.5 Å². The first-order chi connectivity index (χ1) is 20.7. The average molecular weight is 633 g/mol. The predicted octanol–water partition coefficient (Wildman–Crippen LogP) is 4.99. The highest BCUT2D eigenvalue weighted by Gasteiger charge is 2.61. The van der Waals surface area contributed by atoms with Gasteiger partial charge in [-0.15, -0.1) is 6.58 Å². The average Bonchev–Trinajstić information content (AvgIpc) is 3.51. The Morgan fingerprint density at radius 3 is 2.55 bits per heavy atom. The quantitative estimate of drug-likeness (QED) is 0.103. The first-order valence-electron chi connectivity index (χ1n) is 15.1. The van der Waals surface area contributed by atoms with Crippen LogP contribution in [0.2, 0.25) is 5.02 Å². The molecule has 44 heavy (non-hydrogen) atoms. The highest BCUT2D eigenvalue weighted by Crippen LogP contribution is 2.45. The van der Waals surface area contributed by atoms with Crippen LogP contribution in [0.1, 0.15) is 78.7 Å². The minimum atomic E-state index is -1.48. The van der Waals surface area contributed by atoms with Gasteiger partial charge in [0.1, 0.15) is 23.7 Å². The van der Waals surface area contributed by atoms with E-state index in [0.717, 1.165) is 12.8 Å². The normalized spacial score (nSPS) is 24.6. The first kappa shape index (κ1) is 34.9. The van der Waals surface area contributed by atoms with Crippen LogP contribution in [0.15, 0.2) is 42.1 Å². The summed E-state index contributed by atoms with van der Waals surface area (Å²) in [6.07, 6.45) is 3.55. The van der Waals surface area contributed by atoms with Crippen molar-refractivity contribution in [1.82, 2.24) is 15.5 Å². The van der Waals surface area contributed by atoms with Gasteiger partial charge in [0.25, 0.3) is 0 Å². The Morgan fingerprint density at radius 2 is 2.00 bits per heavy atom. The lowest BCUT2D eigenvalue weighted by Crippen LogP contribution is -2.59. The van der Waals surface area contributed by atoms with Crippen LogP contribution in [0, 0.1) is 17.3 Å². The Labute approximate surface area is 264 Å². The number of likely N-dealkylation sites (tertiary alicyclic amines) is 1. The Hall–Kier alpha value is -3.60. The van der Waals surface area contributed by atoms with Crippen molar-refractivity contribution in [2.24, 2.45) is 22.4 Å². The van der Waals surface area contributed by atoms with Gasteiger partial charge in [0, 0.05) is 23.0 Å². The number of aliphatic carboxylic acids is 1. The molecule has 0 spiro atoms. The maximum absolute atomic E-state index is 14.2. The third kappa shape index (κ3) is 8.31. The van der Waals surface area contributed by atoms with Crippen molar-refractivity contribution >= 4 is 41.2 Å². The van der Waals surface area contributed by atoms with Gasteiger partial charge in [-0.3, -0.25) is 9.59 Å². The molecular formula is C32H45ClN4O7. The topological polar surface area (TPSA) is 158 Å². The molecule has 12 heteroatoms. The summed E-state index contributed by atoms with van der Waals surface area (Å²) in [6, 6.07) is 4.75. The number of hydrogen-bond donors (Lipinski definition) is 4. The molecule has 0 aromatic heterocycles. The van der Waals surface area contributed by atoms with Crippen LogP contribution < -0.4 is 10.6 Å². The number of ether oxygens (including phenoxy) is 1. The summed E-state index contributed by atoms with van der Waals surface area (Å²) in [5.41, 5.74) is -1.31. The second-order valence-corrected chi connectivity index (χ2v) is 13.4. The number of rotatable bonds is 13. The summed E-state index contributed by atoms with van der Waals surface area (Å²) >= 11 is 6.14. The van der Waals surface area contributed by atoms with E-state index in [4.69, 9.17) is 16.3 Å². The van der Waals surface area contributed by atoms with Crippen molar-refractivity contribution in [2.45, 2.75) is 96.9 Å². The third-order valence-electron chi connectivity index (χ3n) is 8.41. The number of unbranched alkanes of at least 4 members (excludes halogenated alkanes) is 1. The number of carboxylic acids is 1. The van der Waals surface area contributed by atoms with Gasteiger partial charge in [-0.2, -0.15) is 0 Å². The molecule has 242 valence electrons. The number of nitrogens with zero attached hydrogens (tertiary/aromatic N) is 2. The maximum Gasteiger partial charge on any atom is 0.408 e. The number of carbonyl (C=O) groups excluding carboxylic acids is 3. The van der Waals surface area contributed by atoms with Crippen molar-refractivity contribution in [3.8, 4) is 0 Å². The molecule has 1 aromatic carbocycles. The summed E-state index contributed by atoms with van der Waals surface area (Å²) < 4.78 is 5.51. The van der Waals surface area contributed by atoms with Gasteiger partial charge in [0.2, 0.25) is 11.8 Å². The Balaban J connectivity index is 1.88. The smallest absolute Gasteiger partial charge is 0.408 e. The first-order valence-corrected chi connectivity index (χ1v) is 15.5. The maximum atomic E-state index is 14.2. The molecule has 1 saturated carbocycles. The van der Waals surface area contributed by atoms with E-state index in [1.54, 1.807) is 52.0 Å². The Bertz CT molecular complexity index is 1280. The highest BCUT2D eigenvalue weighted by molar-refractivity contribution is 6.31. The molecule has 1 heterocycles. The van der Waals surface area contributed by atoms with E-state index in [2.05, 4.69) is 22.4 Å². The third-order valence-corrected chi connectivity index (χ3v) is 8.64. The van der Waals surface area contributed by atoms with Crippen molar-refractivity contribution in [3.05, 3.63) is 47.5 Å². The van der Waals surface area contributed by atoms with Gasteiger partial charge in [0.15, 0.2) is 0 Å². The van der Waals surface area contributed by atoms with E-state index < -0.39 is 52.8 Å². The number of amides is 3. The second-order valence-electron chi connectivity index (χ2n) is 13.0. The van der Waals surface area contributed by atoms with Gasteiger partial charge < -0.3 is 30.6 Å². The zero-order chi connectivity index (χ0) is 32.8. The molecule has 4 N–H and O–H groups in total. The Morgan fingerprint density at radius 1 is 1.30 bits per heavy atom. The van der Waals surface area contributed by atoms with Gasteiger partial charge in [-0.05, 0) is 56.1 Å². The molecule has 0 radical (unpaired) electrons. The number of oxime groups is 1. The fourth-order valence-electron chi connectivity index (χ4n) is 5.74. The van der Waals surface area contributed by atoms with Crippen molar-refractivity contribution in [3.63, 3.8) is 0 Å². The van der Waals surface area contributed by atoms with Gasteiger partial charge in [-0.25, -0.2) is 9.59 Å². The number of benzene rings is 1. The number of carbonyl (C=O) groups is 4. The fourth-order valence-corrected chi connectivity index (χ4v) is 5.93. The van der Waals surface area contributed by atoms with Gasteiger partial charge >= 0.3 is 12.1 Å². The lowest BCUT2D eigenvalue weighted by atomic mass is 9.85. The van der Waals surface area contributed by atoms with Crippen LogP contribution >= 0.6 is 11.6 Å². The van der Waals surface area contributed by atoms with Crippen molar-refractivity contribution in [1.29, 1.82) is 0 Å². The highest BCUT2D eigenvalue weighted by atomic mass is 35.5. The molecule has 1 aliphatic heterocycles. The van der Waals surface area contributed by atoms with E-state index in [0.29, 0.717) is 22.7 Å². The second kappa shape index (κ2) is 14.5. The number of alkyl carbamates (subject to hydrolysis) is 1. The van der Waals surface area contributed by atoms with Gasteiger partial charge in [0.05, 0.1) is 5.71 Å². The Kier molecular flexibility index (Phi) is 11.5. The largest absolute Gasteiger partial charge is 0.479 e. The molecular weight excluding hydrogens is 588 g/mol. The summed E-state index contributed by atoms with van der Waals surface area (Å²) in [5.74, 6) is -3.04. The van der Waals surface area contributed by atoms with Crippen LogP contribution in [0.3, 0.4) is 0 Å². The molecule has 0 bridgehead atoms. The predicted molar refractivity (Wildman–Crippen MR) is 167 cm³/mol. The number of hydrogen-bond acceptors (Lipinski definition) is 7. The van der Waals surface area contributed by atoms with Crippen molar-refractivity contribution < 1.29 is 34.2 Å². The number of carboxylic acid groups (broad SMARTS) is 1. The van der Waals surface area contributed by atoms with Crippen LogP contribution in [0.25, 0.3) is 0 Å². The molecule has 6 unspecified atom stereocenters. The number of nitrogens with one attached hydrogen (secondary N) is 2. The van der Waals surface area contributed by atoms with E-state index in [-0.39, 0.29) is 37.8 Å². The molecule has 1 saturated heterocycles. The molecule has 3 amide bonds. The fraction of sp³-hybridized carbons (Fsp3) is 0.594. The molecule has 1 aromatic rings. The zero-order valence-corrected chi connectivity index (χ0v) is 26.9.